The van der Waals surface area contributed by atoms with Gasteiger partial charge < -0.3 is 5.11 Å². The van der Waals surface area contributed by atoms with Crippen LogP contribution in [0.1, 0.15) is 23.0 Å². The predicted octanol–water partition coefficient (Wildman–Crippen LogP) is 2.10. The molecule has 1 heterocycles. The molecule has 2 aromatic rings. The van der Waals surface area contributed by atoms with Crippen LogP contribution >= 0.6 is 0 Å². The monoisotopic (exact) mass is 203 g/mol. The SMILES string of the molecule is CC(=O)n1c(C)c(CO)c2ccccc21. The van der Waals surface area contributed by atoms with E-state index in [1.165, 1.54) is 6.92 Å². The highest BCUT2D eigenvalue weighted by molar-refractivity contribution is 5.95. The zero-order chi connectivity index (χ0) is 11.0. The fourth-order valence-corrected chi connectivity index (χ4v) is 2.04. The largest absolute Gasteiger partial charge is 0.392 e. The van der Waals surface area contributed by atoms with Crippen LogP contribution < -0.4 is 0 Å². The Bertz CT molecular complexity index is 526. The summed E-state index contributed by atoms with van der Waals surface area (Å²) >= 11 is 0. The summed E-state index contributed by atoms with van der Waals surface area (Å²) in [4.78, 5) is 11.5. The van der Waals surface area contributed by atoms with Gasteiger partial charge in [0.25, 0.3) is 0 Å². The number of carbonyl (C=O) groups is 1. The molecule has 0 saturated heterocycles. The molecular formula is C12H13NO2. The Morgan fingerprint density at radius 3 is 2.67 bits per heavy atom. The molecule has 0 atom stereocenters. The van der Waals surface area contributed by atoms with Crippen molar-refractivity contribution in [3.63, 3.8) is 0 Å². The van der Waals surface area contributed by atoms with Crippen molar-refractivity contribution in [2.45, 2.75) is 20.5 Å². The molecule has 3 heteroatoms. The van der Waals surface area contributed by atoms with Gasteiger partial charge in [-0.15, -0.1) is 0 Å². The Morgan fingerprint density at radius 1 is 1.40 bits per heavy atom. The molecule has 0 fully saturated rings. The van der Waals surface area contributed by atoms with Crippen LogP contribution in [0.4, 0.5) is 0 Å². The Balaban J connectivity index is 2.91. The van der Waals surface area contributed by atoms with E-state index in [4.69, 9.17) is 0 Å². The molecule has 0 aliphatic carbocycles. The topological polar surface area (TPSA) is 42.2 Å². The van der Waals surface area contributed by atoms with Gasteiger partial charge >= 0.3 is 0 Å². The van der Waals surface area contributed by atoms with Crippen LogP contribution in [0.15, 0.2) is 24.3 Å². The molecule has 78 valence electrons. The zero-order valence-corrected chi connectivity index (χ0v) is 8.82. The second-order valence-corrected chi connectivity index (χ2v) is 3.59. The number of aliphatic hydroxyl groups excluding tert-OH is 1. The molecule has 1 aromatic carbocycles. The number of carbonyl (C=O) groups excluding carboxylic acids is 1. The minimum Gasteiger partial charge on any atom is -0.392 e. The summed E-state index contributed by atoms with van der Waals surface area (Å²) in [5.74, 6) is -0.0246. The van der Waals surface area contributed by atoms with Gasteiger partial charge in [0.05, 0.1) is 12.1 Å². The maximum atomic E-state index is 11.5. The summed E-state index contributed by atoms with van der Waals surface area (Å²) in [6, 6.07) is 7.62. The van der Waals surface area contributed by atoms with Crippen LogP contribution in [0.25, 0.3) is 10.9 Å². The number of fused-ring (bicyclic) bond motifs is 1. The third kappa shape index (κ3) is 1.36. The number of hydrogen-bond donors (Lipinski definition) is 1. The summed E-state index contributed by atoms with van der Waals surface area (Å²) in [5.41, 5.74) is 2.53. The van der Waals surface area contributed by atoms with E-state index in [-0.39, 0.29) is 12.5 Å². The molecule has 2 rings (SSSR count). The molecule has 0 amide bonds. The van der Waals surface area contributed by atoms with E-state index in [2.05, 4.69) is 0 Å². The maximum Gasteiger partial charge on any atom is 0.228 e. The van der Waals surface area contributed by atoms with E-state index >= 15 is 0 Å². The van der Waals surface area contributed by atoms with Crippen molar-refractivity contribution < 1.29 is 9.90 Å². The molecule has 15 heavy (non-hydrogen) atoms. The van der Waals surface area contributed by atoms with E-state index in [1.807, 2.05) is 31.2 Å². The first-order chi connectivity index (χ1) is 7.16. The van der Waals surface area contributed by atoms with Crippen LogP contribution in [0.2, 0.25) is 0 Å². The number of aliphatic hydroxyl groups is 1. The summed E-state index contributed by atoms with van der Waals surface area (Å²) in [6.45, 7) is 3.35. The minimum atomic E-state index is -0.0351. The van der Waals surface area contributed by atoms with E-state index < -0.39 is 0 Å². The normalized spacial score (nSPS) is 10.9. The van der Waals surface area contributed by atoms with Gasteiger partial charge in [-0.1, -0.05) is 18.2 Å². The van der Waals surface area contributed by atoms with Gasteiger partial charge in [0.15, 0.2) is 0 Å². The van der Waals surface area contributed by atoms with Crippen molar-refractivity contribution in [1.82, 2.24) is 4.57 Å². The lowest BCUT2D eigenvalue weighted by Gasteiger charge is -2.01. The summed E-state index contributed by atoms with van der Waals surface area (Å²) < 4.78 is 1.64. The first-order valence-electron chi connectivity index (χ1n) is 4.87. The quantitative estimate of drug-likeness (QED) is 0.771. The van der Waals surface area contributed by atoms with Crippen LogP contribution in [-0.4, -0.2) is 15.6 Å². The second kappa shape index (κ2) is 3.51. The van der Waals surface area contributed by atoms with Gasteiger partial charge in [0, 0.05) is 23.6 Å². The molecule has 0 aliphatic heterocycles. The second-order valence-electron chi connectivity index (χ2n) is 3.59. The number of para-hydroxylation sites is 1. The molecular weight excluding hydrogens is 190 g/mol. The molecule has 0 spiro atoms. The first-order valence-corrected chi connectivity index (χ1v) is 4.87. The number of benzene rings is 1. The smallest absolute Gasteiger partial charge is 0.228 e. The molecule has 0 unspecified atom stereocenters. The average Bonchev–Trinajstić information content (AvgIpc) is 2.49. The fraction of sp³-hybridized carbons (Fsp3) is 0.250. The Morgan fingerprint density at radius 2 is 2.07 bits per heavy atom. The Hall–Kier alpha value is -1.61. The molecule has 0 radical (unpaired) electrons. The standard InChI is InChI=1S/C12H13NO2/c1-8-11(7-14)10-5-3-4-6-12(10)13(8)9(2)15/h3-6,14H,7H2,1-2H3. The van der Waals surface area contributed by atoms with Gasteiger partial charge in [0.2, 0.25) is 5.91 Å². The minimum absolute atomic E-state index is 0.0246. The van der Waals surface area contributed by atoms with Crippen molar-refractivity contribution in [1.29, 1.82) is 0 Å². The third-order valence-electron chi connectivity index (χ3n) is 2.72. The summed E-state index contributed by atoms with van der Waals surface area (Å²) in [6.07, 6.45) is 0. The number of aromatic nitrogens is 1. The Labute approximate surface area is 87.9 Å². The highest BCUT2D eigenvalue weighted by atomic mass is 16.3. The van der Waals surface area contributed by atoms with Crippen molar-refractivity contribution in [3.05, 3.63) is 35.5 Å². The lowest BCUT2D eigenvalue weighted by atomic mass is 10.1. The predicted molar refractivity (Wildman–Crippen MR) is 58.9 cm³/mol. The van der Waals surface area contributed by atoms with Crippen molar-refractivity contribution in [2.24, 2.45) is 0 Å². The van der Waals surface area contributed by atoms with Crippen molar-refractivity contribution in [3.8, 4) is 0 Å². The number of hydrogen-bond acceptors (Lipinski definition) is 2. The number of rotatable bonds is 1. The molecule has 1 aromatic heterocycles. The van der Waals surface area contributed by atoms with Crippen LogP contribution in [-0.2, 0) is 6.61 Å². The molecule has 3 nitrogen and oxygen atoms in total. The van der Waals surface area contributed by atoms with E-state index in [9.17, 15) is 9.90 Å². The van der Waals surface area contributed by atoms with Gasteiger partial charge in [-0.3, -0.25) is 9.36 Å². The molecule has 0 saturated carbocycles. The van der Waals surface area contributed by atoms with E-state index in [0.29, 0.717) is 0 Å². The molecule has 1 N–H and O–H groups in total. The first kappa shape index (κ1) is 9.93. The van der Waals surface area contributed by atoms with Gasteiger partial charge in [-0.25, -0.2) is 0 Å². The summed E-state index contributed by atoms with van der Waals surface area (Å²) in [5, 5.41) is 10.2. The summed E-state index contributed by atoms with van der Waals surface area (Å²) in [7, 11) is 0. The third-order valence-corrected chi connectivity index (χ3v) is 2.72. The highest BCUT2D eigenvalue weighted by Gasteiger charge is 2.14. The molecule has 0 aliphatic rings. The van der Waals surface area contributed by atoms with Gasteiger partial charge in [0.1, 0.15) is 0 Å². The van der Waals surface area contributed by atoms with Gasteiger partial charge in [-0.05, 0) is 13.0 Å². The molecule has 0 bridgehead atoms. The van der Waals surface area contributed by atoms with Crippen LogP contribution in [0, 0.1) is 6.92 Å². The maximum absolute atomic E-state index is 11.5. The number of nitrogens with zero attached hydrogens (tertiary/aromatic N) is 1. The average molecular weight is 203 g/mol. The highest BCUT2D eigenvalue weighted by Crippen LogP contribution is 2.25. The van der Waals surface area contributed by atoms with E-state index in [0.717, 1.165) is 22.2 Å². The lowest BCUT2D eigenvalue weighted by Crippen LogP contribution is -2.07. The Kier molecular flexibility index (Phi) is 2.32. The van der Waals surface area contributed by atoms with Crippen LogP contribution in [0.3, 0.4) is 0 Å². The zero-order valence-electron chi connectivity index (χ0n) is 8.82. The van der Waals surface area contributed by atoms with Gasteiger partial charge in [-0.2, -0.15) is 0 Å². The van der Waals surface area contributed by atoms with Crippen molar-refractivity contribution >= 4 is 16.8 Å². The fourth-order valence-electron chi connectivity index (χ4n) is 2.04. The van der Waals surface area contributed by atoms with Crippen LogP contribution in [0.5, 0.6) is 0 Å². The lowest BCUT2D eigenvalue weighted by molar-refractivity contribution is 0.0939. The van der Waals surface area contributed by atoms with E-state index in [1.54, 1.807) is 4.57 Å². The van der Waals surface area contributed by atoms with Crippen molar-refractivity contribution in [2.75, 3.05) is 0 Å².